The molecule has 0 saturated heterocycles. The van der Waals surface area contributed by atoms with Crippen LogP contribution in [0.5, 0.6) is 0 Å². The SMILES string of the molecule is C1=CC(c2ccccc2)CC(N(c2cccc(-c3cccc4c3c3ccc5ccccc5c3n4-c3ccccc3)c2)c2ccc3c(c2)oc2ccccc23)=C1. The first-order chi connectivity index (χ1) is 27.3. The van der Waals surface area contributed by atoms with Gasteiger partial charge in [0.1, 0.15) is 11.2 Å². The number of allylic oxidation sites excluding steroid dienone is 4. The molecule has 11 rings (SSSR count). The fraction of sp³-hybridized carbons (Fsp3) is 0.0385. The number of hydrogen-bond acceptors (Lipinski definition) is 2. The van der Waals surface area contributed by atoms with Crippen LogP contribution in [0.4, 0.5) is 11.4 Å². The number of benzene rings is 8. The second-order valence-corrected chi connectivity index (χ2v) is 14.5. The zero-order valence-corrected chi connectivity index (χ0v) is 30.1. The standard InChI is InChI=1S/C52H36N2O/c1-3-14-35(15-4-1)37-17-11-21-40(32-37)53(42-29-31-46-45-24-9-10-27-49(45)55-50(46)34-42)41-22-12-18-38(33-41)43-25-13-26-48-51(43)47-30-28-36-16-7-8-23-44(36)52(47)54(48)39-19-5-2-6-20-39/h1-31,33-34,37H,32H2. The van der Waals surface area contributed by atoms with Crippen LogP contribution in [0.15, 0.2) is 210 Å². The third-order valence-electron chi connectivity index (χ3n) is 11.3. The fourth-order valence-electron chi connectivity index (χ4n) is 8.82. The Morgan fingerprint density at radius 3 is 2.16 bits per heavy atom. The van der Waals surface area contributed by atoms with Crippen LogP contribution in [0.1, 0.15) is 17.9 Å². The van der Waals surface area contributed by atoms with E-state index < -0.39 is 0 Å². The molecule has 2 heterocycles. The number of aromatic nitrogens is 1. The lowest BCUT2D eigenvalue weighted by Gasteiger charge is -2.31. The molecule has 0 amide bonds. The zero-order chi connectivity index (χ0) is 36.3. The average Bonchev–Trinajstić information content (AvgIpc) is 3.80. The normalized spacial score (nSPS) is 14.3. The van der Waals surface area contributed by atoms with Gasteiger partial charge in [-0.05, 0) is 83.1 Å². The topological polar surface area (TPSA) is 21.3 Å². The van der Waals surface area contributed by atoms with Crippen molar-refractivity contribution < 1.29 is 4.42 Å². The first-order valence-electron chi connectivity index (χ1n) is 19.0. The Morgan fingerprint density at radius 2 is 1.27 bits per heavy atom. The number of para-hydroxylation sites is 2. The van der Waals surface area contributed by atoms with E-state index in [1.807, 2.05) is 12.1 Å². The molecule has 1 aliphatic carbocycles. The molecule has 3 nitrogen and oxygen atoms in total. The molecule has 2 aromatic heterocycles. The van der Waals surface area contributed by atoms with Crippen LogP contribution in [-0.4, -0.2) is 4.57 Å². The van der Waals surface area contributed by atoms with Crippen LogP contribution in [0.25, 0.3) is 71.3 Å². The van der Waals surface area contributed by atoms with E-state index in [1.54, 1.807) is 0 Å². The van der Waals surface area contributed by atoms with E-state index in [9.17, 15) is 0 Å². The van der Waals surface area contributed by atoms with Gasteiger partial charge in [-0.15, -0.1) is 0 Å². The minimum Gasteiger partial charge on any atom is -0.456 e. The summed E-state index contributed by atoms with van der Waals surface area (Å²) < 4.78 is 8.89. The lowest BCUT2D eigenvalue weighted by atomic mass is 9.90. The maximum Gasteiger partial charge on any atom is 0.137 e. The number of rotatable bonds is 6. The predicted molar refractivity (Wildman–Crippen MR) is 231 cm³/mol. The van der Waals surface area contributed by atoms with Gasteiger partial charge in [-0.3, -0.25) is 0 Å². The third kappa shape index (κ3) is 5.20. The Bertz CT molecular complexity index is 3130. The molecular weight excluding hydrogens is 669 g/mol. The smallest absolute Gasteiger partial charge is 0.137 e. The minimum absolute atomic E-state index is 0.273. The summed E-state index contributed by atoms with van der Waals surface area (Å²) in [6, 6.07) is 65.7. The average molecular weight is 705 g/mol. The Balaban J connectivity index is 1.11. The molecule has 0 N–H and O–H groups in total. The van der Waals surface area contributed by atoms with Crippen molar-refractivity contribution in [2.24, 2.45) is 0 Å². The molecular formula is C52H36N2O. The molecule has 3 heteroatoms. The van der Waals surface area contributed by atoms with Crippen LogP contribution in [-0.2, 0) is 0 Å². The van der Waals surface area contributed by atoms with Gasteiger partial charge in [0.25, 0.3) is 0 Å². The van der Waals surface area contributed by atoms with Gasteiger partial charge in [-0.2, -0.15) is 0 Å². The summed E-state index contributed by atoms with van der Waals surface area (Å²) in [4.78, 5) is 2.43. The van der Waals surface area contributed by atoms with Crippen LogP contribution < -0.4 is 4.90 Å². The highest BCUT2D eigenvalue weighted by Gasteiger charge is 2.24. The van der Waals surface area contributed by atoms with Crippen LogP contribution in [0.3, 0.4) is 0 Å². The molecule has 0 fully saturated rings. The Morgan fingerprint density at radius 1 is 0.545 bits per heavy atom. The van der Waals surface area contributed by atoms with E-state index in [1.165, 1.54) is 55.0 Å². The molecule has 55 heavy (non-hydrogen) atoms. The van der Waals surface area contributed by atoms with Gasteiger partial charge in [0.2, 0.25) is 0 Å². The molecule has 0 aliphatic heterocycles. The fourth-order valence-corrected chi connectivity index (χ4v) is 8.82. The van der Waals surface area contributed by atoms with E-state index in [0.717, 1.165) is 45.4 Å². The van der Waals surface area contributed by atoms with Crippen molar-refractivity contribution in [3.63, 3.8) is 0 Å². The van der Waals surface area contributed by atoms with Gasteiger partial charge in [0, 0.05) is 61.7 Å². The number of nitrogens with zero attached hydrogens (tertiary/aromatic N) is 2. The van der Waals surface area contributed by atoms with Crippen molar-refractivity contribution in [2.45, 2.75) is 12.3 Å². The lowest BCUT2D eigenvalue weighted by Crippen LogP contribution is -2.19. The summed E-state index contributed by atoms with van der Waals surface area (Å²) >= 11 is 0. The summed E-state index contributed by atoms with van der Waals surface area (Å²) in [5.41, 5.74) is 12.5. The minimum atomic E-state index is 0.273. The van der Waals surface area contributed by atoms with Gasteiger partial charge < -0.3 is 13.9 Å². The van der Waals surface area contributed by atoms with Crippen molar-refractivity contribution in [3.05, 3.63) is 211 Å². The number of hydrogen-bond donors (Lipinski definition) is 0. The molecule has 1 aliphatic rings. The highest BCUT2D eigenvalue weighted by atomic mass is 16.3. The van der Waals surface area contributed by atoms with E-state index >= 15 is 0 Å². The number of anilines is 2. The van der Waals surface area contributed by atoms with Crippen LogP contribution in [0.2, 0.25) is 0 Å². The molecule has 8 aromatic carbocycles. The van der Waals surface area contributed by atoms with E-state index in [0.29, 0.717) is 0 Å². The summed E-state index contributed by atoms with van der Waals surface area (Å²) in [6.45, 7) is 0. The van der Waals surface area contributed by atoms with Gasteiger partial charge in [0.15, 0.2) is 0 Å². The molecule has 260 valence electrons. The highest BCUT2D eigenvalue weighted by Crippen LogP contribution is 2.44. The monoisotopic (exact) mass is 704 g/mol. The van der Waals surface area contributed by atoms with E-state index in [2.05, 4.69) is 198 Å². The summed E-state index contributed by atoms with van der Waals surface area (Å²) in [6.07, 6.45) is 7.68. The Kier molecular flexibility index (Phi) is 7.31. The maximum atomic E-state index is 6.45. The lowest BCUT2D eigenvalue weighted by molar-refractivity contribution is 0.669. The molecule has 10 aromatic rings. The van der Waals surface area contributed by atoms with Gasteiger partial charge in [-0.25, -0.2) is 0 Å². The van der Waals surface area contributed by atoms with Crippen molar-refractivity contribution >= 4 is 65.9 Å². The Labute approximate surface area is 319 Å². The molecule has 0 saturated carbocycles. The number of furan rings is 1. The quantitative estimate of drug-likeness (QED) is 0.172. The summed E-state index contributed by atoms with van der Waals surface area (Å²) in [5.74, 6) is 0.273. The Hall–Kier alpha value is -7.10. The van der Waals surface area contributed by atoms with Crippen molar-refractivity contribution in [3.8, 4) is 16.8 Å². The van der Waals surface area contributed by atoms with E-state index in [-0.39, 0.29) is 5.92 Å². The summed E-state index contributed by atoms with van der Waals surface area (Å²) in [7, 11) is 0. The zero-order valence-electron chi connectivity index (χ0n) is 30.1. The first kappa shape index (κ1) is 31.4. The van der Waals surface area contributed by atoms with Gasteiger partial charge in [-0.1, -0.05) is 140 Å². The second kappa shape index (κ2) is 12.8. The molecule has 0 spiro atoms. The first-order valence-corrected chi connectivity index (χ1v) is 19.0. The van der Waals surface area contributed by atoms with Crippen LogP contribution >= 0.6 is 0 Å². The molecule has 0 bridgehead atoms. The number of fused-ring (bicyclic) bond motifs is 8. The van der Waals surface area contributed by atoms with Gasteiger partial charge >= 0.3 is 0 Å². The van der Waals surface area contributed by atoms with Crippen molar-refractivity contribution in [1.82, 2.24) is 4.57 Å². The second-order valence-electron chi connectivity index (χ2n) is 14.5. The molecule has 1 unspecified atom stereocenters. The van der Waals surface area contributed by atoms with Crippen LogP contribution in [0, 0.1) is 0 Å². The predicted octanol–water partition coefficient (Wildman–Crippen LogP) is 14.3. The van der Waals surface area contributed by atoms with Crippen molar-refractivity contribution in [1.29, 1.82) is 0 Å². The van der Waals surface area contributed by atoms with E-state index in [4.69, 9.17) is 4.42 Å². The third-order valence-corrected chi connectivity index (χ3v) is 11.3. The largest absolute Gasteiger partial charge is 0.456 e. The summed E-state index contributed by atoms with van der Waals surface area (Å²) in [5, 5.41) is 7.25. The van der Waals surface area contributed by atoms with Gasteiger partial charge in [0.05, 0.1) is 11.0 Å². The van der Waals surface area contributed by atoms with Crippen molar-refractivity contribution in [2.75, 3.05) is 4.90 Å². The molecule has 1 atom stereocenters. The highest BCUT2D eigenvalue weighted by molar-refractivity contribution is 6.22. The maximum absolute atomic E-state index is 6.45. The molecule has 0 radical (unpaired) electrons.